The Morgan fingerprint density at radius 1 is 1.31 bits per heavy atom. The lowest BCUT2D eigenvalue weighted by atomic mass is 9.95. The van der Waals surface area contributed by atoms with Gasteiger partial charge in [-0.15, -0.1) is 0 Å². The van der Waals surface area contributed by atoms with Gasteiger partial charge in [-0.1, -0.05) is 12.1 Å². The summed E-state index contributed by atoms with van der Waals surface area (Å²) in [5.74, 6) is 1.06. The second kappa shape index (κ2) is 9.35. The van der Waals surface area contributed by atoms with Crippen molar-refractivity contribution >= 4 is 40.2 Å². The molecule has 0 aliphatic heterocycles. The van der Waals surface area contributed by atoms with Gasteiger partial charge in [0.2, 0.25) is 5.95 Å². The number of fused-ring (bicyclic) bond motifs is 1. The van der Waals surface area contributed by atoms with Crippen LogP contribution in [0.4, 0.5) is 11.6 Å². The molecule has 32 heavy (non-hydrogen) atoms. The summed E-state index contributed by atoms with van der Waals surface area (Å²) in [6.45, 7) is 0. The van der Waals surface area contributed by atoms with E-state index in [0.717, 1.165) is 52.9 Å². The third-order valence-corrected chi connectivity index (χ3v) is 5.53. The minimum atomic E-state index is 0.431. The lowest BCUT2D eigenvalue weighted by Gasteiger charge is -2.16. The fourth-order valence-corrected chi connectivity index (χ4v) is 3.95. The lowest BCUT2D eigenvalue weighted by molar-refractivity contribution is 0.416. The van der Waals surface area contributed by atoms with E-state index in [9.17, 15) is 5.26 Å². The van der Waals surface area contributed by atoms with Crippen molar-refractivity contribution in [2.75, 3.05) is 19.5 Å². The van der Waals surface area contributed by atoms with Crippen LogP contribution in [-0.2, 0) is 0 Å². The van der Waals surface area contributed by atoms with E-state index in [2.05, 4.69) is 32.7 Å². The normalized spacial score (nSPS) is 13.9. The third kappa shape index (κ3) is 4.05. The number of hydrogen-bond acceptors (Lipinski definition) is 7. The molecule has 1 aromatic carbocycles. The lowest BCUT2D eigenvalue weighted by Crippen LogP contribution is -2.07. The van der Waals surface area contributed by atoms with Gasteiger partial charge in [0, 0.05) is 30.7 Å². The van der Waals surface area contributed by atoms with Gasteiger partial charge in [0.25, 0.3) is 0 Å². The van der Waals surface area contributed by atoms with Gasteiger partial charge in [-0.25, -0.2) is 4.98 Å². The number of hydrogen-bond donors (Lipinski definition) is 4. The summed E-state index contributed by atoms with van der Waals surface area (Å²) >= 11 is 0. The van der Waals surface area contributed by atoms with Gasteiger partial charge < -0.3 is 25.8 Å². The minimum absolute atomic E-state index is 0.431. The maximum atomic E-state index is 9.55. The fraction of sp³-hybridized carbons (Fsp3) is 0.250. The van der Waals surface area contributed by atoms with Crippen molar-refractivity contribution in [3.8, 4) is 11.8 Å². The number of ether oxygens (including phenoxy) is 1. The molecular weight excluding hydrogens is 402 g/mol. The van der Waals surface area contributed by atoms with Gasteiger partial charge in [0.1, 0.15) is 17.5 Å². The number of allylic oxidation sites excluding steroid dienone is 3. The quantitative estimate of drug-likeness (QED) is 0.404. The van der Waals surface area contributed by atoms with Crippen LogP contribution in [0.5, 0.6) is 5.75 Å². The molecule has 4 rings (SSSR count). The maximum absolute atomic E-state index is 9.55. The molecule has 1 aliphatic carbocycles. The molecule has 8 heteroatoms. The van der Waals surface area contributed by atoms with Gasteiger partial charge in [-0.05, 0) is 49.5 Å². The highest BCUT2D eigenvalue weighted by molar-refractivity contribution is 5.94. The predicted molar refractivity (Wildman–Crippen MR) is 127 cm³/mol. The highest BCUT2D eigenvalue weighted by Crippen LogP contribution is 2.34. The number of methoxy groups -OCH3 is 1. The predicted octanol–water partition coefficient (Wildman–Crippen LogP) is 4.75. The Morgan fingerprint density at radius 2 is 2.19 bits per heavy atom. The number of nitriles is 1. The van der Waals surface area contributed by atoms with Crippen molar-refractivity contribution < 1.29 is 4.74 Å². The first-order valence-corrected chi connectivity index (χ1v) is 10.5. The van der Waals surface area contributed by atoms with Crippen LogP contribution in [0.3, 0.4) is 0 Å². The van der Waals surface area contributed by atoms with Crippen molar-refractivity contribution in [3.05, 3.63) is 53.4 Å². The second-order valence-electron chi connectivity index (χ2n) is 7.45. The first-order chi connectivity index (χ1) is 15.7. The van der Waals surface area contributed by atoms with Gasteiger partial charge in [0.05, 0.1) is 29.4 Å². The van der Waals surface area contributed by atoms with Crippen molar-refractivity contribution in [1.29, 1.82) is 10.7 Å². The van der Waals surface area contributed by atoms with Gasteiger partial charge in [-0.3, -0.25) is 0 Å². The fourth-order valence-electron chi connectivity index (χ4n) is 3.95. The monoisotopic (exact) mass is 427 g/mol. The summed E-state index contributed by atoms with van der Waals surface area (Å²) < 4.78 is 5.59. The zero-order valence-corrected chi connectivity index (χ0v) is 18.1. The molecule has 162 valence electrons. The van der Waals surface area contributed by atoms with Crippen LogP contribution in [-0.4, -0.2) is 35.3 Å². The van der Waals surface area contributed by atoms with Crippen molar-refractivity contribution in [2.24, 2.45) is 0 Å². The topological polar surface area (TPSA) is 122 Å². The Bertz CT molecular complexity index is 1260. The number of aromatic amines is 1. The van der Waals surface area contributed by atoms with Crippen LogP contribution in [0.1, 0.15) is 42.5 Å². The molecule has 2 heterocycles. The molecule has 8 nitrogen and oxygen atoms in total. The minimum Gasteiger partial charge on any atom is -0.495 e. The van der Waals surface area contributed by atoms with E-state index in [4.69, 9.17) is 15.1 Å². The highest BCUT2D eigenvalue weighted by Gasteiger charge is 2.19. The molecule has 0 bridgehead atoms. The highest BCUT2D eigenvalue weighted by atomic mass is 16.5. The molecule has 0 amide bonds. The van der Waals surface area contributed by atoms with Gasteiger partial charge >= 0.3 is 0 Å². The zero-order chi connectivity index (χ0) is 22.5. The summed E-state index contributed by atoms with van der Waals surface area (Å²) in [7, 11) is 3.42. The molecule has 0 saturated carbocycles. The first kappa shape index (κ1) is 21.1. The van der Waals surface area contributed by atoms with Crippen LogP contribution in [0.25, 0.3) is 22.3 Å². The summed E-state index contributed by atoms with van der Waals surface area (Å²) in [6, 6.07) is 7.96. The largest absolute Gasteiger partial charge is 0.495 e. The third-order valence-electron chi connectivity index (χ3n) is 5.53. The first-order valence-electron chi connectivity index (χ1n) is 10.5. The molecule has 0 spiro atoms. The molecule has 0 radical (unpaired) electrons. The molecule has 0 fully saturated rings. The smallest absolute Gasteiger partial charge is 0.229 e. The zero-order valence-electron chi connectivity index (χ0n) is 18.1. The van der Waals surface area contributed by atoms with Crippen LogP contribution >= 0.6 is 0 Å². The Hall–Kier alpha value is -4.12. The van der Waals surface area contributed by atoms with E-state index in [1.54, 1.807) is 19.4 Å². The second-order valence-corrected chi connectivity index (χ2v) is 7.45. The Balaban J connectivity index is 1.76. The van der Waals surface area contributed by atoms with E-state index in [1.807, 2.05) is 25.2 Å². The average Bonchev–Trinajstić information content (AvgIpc) is 3.26. The molecule has 0 saturated heterocycles. The standard InChI is InChI=1S/C24H25N7O/c1-27-18(10-11-25)16-8-9-19(20(12-16)32-2)29-24-30-22(15-6-4-3-5-7-15)21-17(13-26)14-28-23(21)31-24/h6,8-12,14,25,27H,3-5,7H2,1-2H3,(H2,28,29,30,31)/b18-10-,25-11?. The molecule has 2 aromatic heterocycles. The number of anilines is 2. The van der Waals surface area contributed by atoms with E-state index >= 15 is 0 Å². The molecule has 0 unspecified atom stereocenters. The van der Waals surface area contributed by atoms with Crippen LogP contribution in [0.15, 0.2) is 36.5 Å². The van der Waals surface area contributed by atoms with Gasteiger partial charge in [0.15, 0.2) is 0 Å². The Morgan fingerprint density at radius 3 is 2.88 bits per heavy atom. The van der Waals surface area contributed by atoms with Crippen molar-refractivity contribution in [3.63, 3.8) is 0 Å². The SMILES string of the molecule is CN/C(=C\C=N)c1ccc(Nc2nc(C3=CCCCC3)c3c(C#N)c[nH]c3n2)c(OC)c1. The Kier molecular flexibility index (Phi) is 6.17. The van der Waals surface area contributed by atoms with E-state index in [0.29, 0.717) is 22.9 Å². The molecule has 3 aromatic rings. The summed E-state index contributed by atoms with van der Waals surface area (Å²) in [5, 5.41) is 24.0. The molecule has 4 N–H and O–H groups in total. The number of benzene rings is 1. The Labute approximate surface area is 186 Å². The maximum Gasteiger partial charge on any atom is 0.229 e. The number of nitrogens with zero attached hydrogens (tertiary/aromatic N) is 3. The molecule has 1 aliphatic rings. The van der Waals surface area contributed by atoms with Crippen molar-refractivity contribution in [1.82, 2.24) is 20.3 Å². The van der Waals surface area contributed by atoms with E-state index in [-0.39, 0.29) is 0 Å². The number of rotatable bonds is 7. The van der Waals surface area contributed by atoms with Crippen molar-refractivity contribution in [2.45, 2.75) is 25.7 Å². The van der Waals surface area contributed by atoms with Crippen LogP contribution < -0.4 is 15.4 Å². The number of H-pyrrole nitrogens is 1. The summed E-state index contributed by atoms with van der Waals surface area (Å²) in [6.07, 6.45) is 11.0. The van der Waals surface area contributed by atoms with E-state index in [1.165, 1.54) is 12.6 Å². The van der Waals surface area contributed by atoms with Crippen LogP contribution in [0, 0.1) is 16.7 Å². The number of aromatic nitrogens is 3. The summed E-state index contributed by atoms with van der Waals surface area (Å²) in [4.78, 5) is 12.5. The van der Waals surface area contributed by atoms with E-state index < -0.39 is 0 Å². The van der Waals surface area contributed by atoms with Gasteiger partial charge in [-0.2, -0.15) is 10.2 Å². The summed E-state index contributed by atoms with van der Waals surface area (Å²) in [5.41, 5.74) is 5.56. The molecule has 0 atom stereocenters. The molecular formula is C24H25N7O. The van der Waals surface area contributed by atoms with Crippen LogP contribution in [0.2, 0.25) is 0 Å². The average molecular weight is 428 g/mol. The number of nitrogens with one attached hydrogen (secondary N) is 4.